The highest BCUT2D eigenvalue weighted by Crippen LogP contribution is 2.43. The molecule has 7 atom stereocenters. The minimum absolute atomic E-state index is 0.00498. The molecule has 1 aliphatic carbocycles. The van der Waals surface area contributed by atoms with Crippen molar-refractivity contribution < 1.29 is 47.9 Å². The number of hydrogen-bond donors (Lipinski definition) is 13. The number of nitrogens with one attached hydrogen (secondary N) is 7. The summed E-state index contributed by atoms with van der Waals surface area (Å²) >= 11 is 0. The van der Waals surface area contributed by atoms with E-state index in [-0.39, 0.29) is 82.8 Å². The highest BCUT2D eigenvalue weighted by atomic mass is 16.5. The van der Waals surface area contributed by atoms with E-state index in [1.807, 2.05) is 6.92 Å². The van der Waals surface area contributed by atoms with Gasteiger partial charge in [0.05, 0.1) is 13.0 Å². The van der Waals surface area contributed by atoms with Crippen LogP contribution in [-0.2, 0) is 56.0 Å². The first-order valence-corrected chi connectivity index (χ1v) is 27.1. The molecule has 1 spiro atoms. The van der Waals surface area contributed by atoms with Crippen molar-refractivity contribution in [2.24, 2.45) is 55.7 Å². The van der Waals surface area contributed by atoms with Crippen molar-refractivity contribution in [1.29, 1.82) is 0 Å². The van der Waals surface area contributed by atoms with E-state index in [0.29, 0.717) is 42.7 Å². The van der Waals surface area contributed by atoms with Crippen molar-refractivity contribution in [1.82, 2.24) is 37.2 Å². The predicted molar refractivity (Wildman–Crippen MR) is 297 cm³/mol. The summed E-state index contributed by atoms with van der Waals surface area (Å²) in [6.45, 7) is 5.77. The molecule has 2 aliphatic rings. The van der Waals surface area contributed by atoms with Crippen molar-refractivity contribution in [2.45, 2.75) is 166 Å². The lowest BCUT2D eigenvalue weighted by atomic mass is 9.68. The lowest BCUT2D eigenvalue weighted by molar-refractivity contribution is -0.137. The van der Waals surface area contributed by atoms with Crippen LogP contribution in [0.5, 0.6) is 5.75 Å². The van der Waals surface area contributed by atoms with Crippen LogP contribution in [0.2, 0.25) is 0 Å². The van der Waals surface area contributed by atoms with Gasteiger partial charge < -0.3 is 76.4 Å². The van der Waals surface area contributed by atoms with Crippen LogP contribution in [0.1, 0.15) is 122 Å². The summed E-state index contributed by atoms with van der Waals surface area (Å²) in [7, 11) is 0. The molecule has 0 radical (unpaired) electrons. The first-order chi connectivity index (χ1) is 37.6. The van der Waals surface area contributed by atoms with Crippen LogP contribution in [0.25, 0.3) is 0 Å². The molecule has 79 heavy (non-hydrogen) atoms. The summed E-state index contributed by atoms with van der Waals surface area (Å²) in [6, 6.07) is 6.55. The maximum absolute atomic E-state index is 14.7. The number of carbonyl (C=O) groups excluding carboxylic acids is 9. The highest BCUT2D eigenvalue weighted by molar-refractivity contribution is 5.99. The fraction of sp³-hybridized carbons (Fsp3) is 0.574. The average molecular weight is 1100 g/mol. The molecular weight excluding hydrogens is 1020 g/mol. The van der Waals surface area contributed by atoms with Gasteiger partial charge >= 0.3 is 0 Å². The molecule has 9 amide bonds. The normalized spacial score (nSPS) is 21.3. The summed E-state index contributed by atoms with van der Waals surface area (Å²) in [4.78, 5) is 134. The van der Waals surface area contributed by atoms with Gasteiger partial charge in [-0.2, -0.15) is 0 Å². The van der Waals surface area contributed by atoms with E-state index in [1.54, 1.807) is 68.4 Å². The van der Waals surface area contributed by atoms with Crippen LogP contribution in [0.4, 0.5) is 0 Å². The fourth-order valence-electron chi connectivity index (χ4n) is 9.86. The highest BCUT2D eigenvalue weighted by Gasteiger charge is 2.39. The minimum Gasteiger partial charge on any atom is -0.494 e. The Kier molecular flexibility index (Phi) is 25.8. The second-order valence-electron chi connectivity index (χ2n) is 20.7. The van der Waals surface area contributed by atoms with E-state index >= 15 is 0 Å². The van der Waals surface area contributed by atoms with Gasteiger partial charge in [-0.15, -0.1) is 0 Å². The van der Waals surface area contributed by atoms with Crippen LogP contribution < -0.4 is 76.4 Å². The number of carbonyl (C=O) groups is 9. The van der Waals surface area contributed by atoms with E-state index < -0.39 is 113 Å². The molecule has 4 rings (SSSR count). The largest absolute Gasteiger partial charge is 0.494 e. The molecule has 2 fully saturated rings. The quantitative estimate of drug-likeness (QED) is 0.0379. The molecule has 0 aromatic heterocycles. The molecule has 0 bridgehead atoms. The first kappa shape index (κ1) is 63.5. The molecule has 1 saturated heterocycles. The number of benzene rings is 2. The van der Waals surface area contributed by atoms with Gasteiger partial charge in [-0.1, -0.05) is 82.0 Å². The second kappa shape index (κ2) is 32.0. The van der Waals surface area contributed by atoms with E-state index in [1.165, 1.54) is 0 Å². The molecule has 1 heterocycles. The topological polar surface area (TPSA) is 428 Å². The number of rotatable bonds is 22. The van der Waals surface area contributed by atoms with Crippen molar-refractivity contribution in [3.05, 3.63) is 65.7 Å². The van der Waals surface area contributed by atoms with Gasteiger partial charge in [0, 0.05) is 32.4 Å². The maximum atomic E-state index is 14.7. The molecule has 25 heteroatoms. The Balaban J connectivity index is 1.79. The molecule has 2 aromatic rings. The smallest absolute Gasteiger partial charge is 0.243 e. The third-order valence-corrected chi connectivity index (χ3v) is 14.0. The Hall–Kier alpha value is -7.99. The van der Waals surface area contributed by atoms with Gasteiger partial charge in [0.25, 0.3) is 0 Å². The van der Waals surface area contributed by atoms with Crippen molar-refractivity contribution in [3.63, 3.8) is 0 Å². The van der Waals surface area contributed by atoms with Crippen LogP contribution in [-0.4, -0.2) is 127 Å². The number of ether oxygens (including phenoxy) is 1. The summed E-state index contributed by atoms with van der Waals surface area (Å²) in [5.74, 6) is -7.58. The molecule has 1 aliphatic heterocycles. The Morgan fingerprint density at radius 1 is 0.646 bits per heavy atom. The van der Waals surface area contributed by atoms with Crippen LogP contribution in [0.15, 0.2) is 64.6 Å². The second-order valence-corrected chi connectivity index (χ2v) is 20.7. The maximum Gasteiger partial charge on any atom is 0.243 e. The lowest BCUT2D eigenvalue weighted by Crippen LogP contribution is -2.61. The Bertz CT molecular complexity index is 2440. The van der Waals surface area contributed by atoms with E-state index in [4.69, 9.17) is 39.1 Å². The van der Waals surface area contributed by atoms with Gasteiger partial charge in [0.2, 0.25) is 53.2 Å². The SMILES string of the molecule is CCOc1ccc(CC2NC(=O)CC3(CCCCC3)CCCC(C(=O)N[C@@H](CCCN=C(N)N)C(=O)N[C@H](CCCN=C(N)N)C(N)=O)NC(=O)[C@H](CC(N)=O)NC(=O)[C@H](C(C)C)NC(=O)C(Cc3ccccc3)NC2=O)cc1. The third-order valence-electron chi connectivity index (χ3n) is 14.0. The predicted octanol–water partition coefficient (Wildman–Crippen LogP) is -1.09. The van der Waals surface area contributed by atoms with E-state index in [9.17, 15) is 43.2 Å². The molecule has 2 aromatic carbocycles. The number of nitrogens with two attached hydrogens (primary N) is 6. The standard InChI is InChI=1S/C54H83N15O10/c1-4-79-35-21-19-34(20-22-35)29-39-48(75)67-40(28-33-14-7-5-8-15-33)50(77)69-44(32(2)3)51(78)68-41(30-42(55)70)49(76)66-37(16-11-25-54(31-43(71)63-39)23-9-6-10-24-54)47(74)65-38(18-13-27-62-53(59)60)46(73)64-36(45(56)72)17-12-26-61-52(57)58/h5,7-8,14-15,19-22,32,36-41,44H,4,6,9-13,16-18,23-31H2,1-3H3,(H2,55,70)(H2,56,72)(H,63,71)(H,64,73)(H,65,74)(H,66,76)(H,67,75)(H,68,78)(H,69,77)(H4,57,58,61)(H4,59,60,62)/t36-,37?,38+,39?,40?,41+,44+/m1/s1. The molecular formula is C54H83N15O10. The van der Waals surface area contributed by atoms with Crippen molar-refractivity contribution in [3.8, 4) is 5.75 Å². The molecule has 1 saturated carbocycles. The molecule has 25 nitrogen and oxygen atoms in total. The first-order valence-electron chi connectivity index (χ1n) is 27.1. The molecule has 19 N–H and O–H groups in total. The monoisotopic (exact) mass is 1100 g/mol. The van der Waals surface area contributed by atoms with Gasteiger partial charge in [0.15, 0.2) is 11.9 Å². The van der Waals surface area contributed by atoms with Crippen molar-refractivity contribution in [2.75, 3.05) is 19.7 Å². The number of amides is 9. The van der Waals surface area contributed by atoms with Crippen LogP contribution >= 0.6 is 0 Å². The Labute approximate surface area is 461 Å². The zero-order chi connectivity index (χ0) is 58.1. The lowest BCUT2D eigenvalue weighted by Gasteiger charge is -2.38. The Morgan fingerprint density at radius 2 is 1.19 bits per heavy atom. The van der Waals surface area contributed by atoms with Gasteiger partial charge in [-0.25, -0.2) is 0 Å². The summed E-state index contributed by atoms with van der Waals surface area (Å²) in [5.41, 5.74) is 34.0. The van der Waals surface area contributed by atoms with Gasteiger partial charge in [0.1, 0.15) is 48.0 Å². The summed E-state index contributed by atoms with van der Waals surface area (Å²) < 4.78 is 5.64. The van der Waals surface area contributed by atoms with Crippen LogP contribution in [0, 0.1) is 11.3 Å². The number of primary amides is 2. The number of aliphatic imine (C=N–C) groups is 2. The average Bonchev–Trinajstić information content (AvgIpc) is 3.39. The fourth-order valence-corrected chi connectivity index (χ4v) is 9.86. The van der Waals surface area contributed by atoms with E-state index in [2.05, 4.69) is 47.2 Å². The summed E-state index contributed by atoms with van der Waals surface area (Å²) in [5, 5.41) is 19.2. The molecule has 3 unspecified atom stereocenters. The summed E-state index contributed by atoms with van der Waals surface area (Å²) in [6.07, 6.45) is 4.06. The van der Waals surface area contributed by atoms with E-state index in [0.717, 1.165) is 19.3 Å². The zero-order valence-corrected chi connectivity index (χ0v) is 45.7. The minimum atomic E-state index is -1.67. The van der Waals surface area contributed by atoms with Crippen molar-refractivity contribution >= 4 is 65.1 Å². The Morgan fingerprint density at radius 3 is 1.76 bits per heavy atom. The van der Waals surface area contributed by atoms with Gasteiger partial charge in [-0.05, 0) is 92.9 Å². The van der Waals surface area contributed by atoms with Crippen LogP contribution in [0.3, 0.4) is 0 Å². The van der Waals surface area contributed by atoms with Gasteiger partial charge in [-0.3, -0.25) is 53.1 Å². The zero-order valence-electron chi connectivity index (χ0n) is 45.7. The number of hydrogen-bond acceptors (Lipinski definition) is 12. The molecule has 434 valence electrons. The third kappa shape index (κ3) is 22.1. The number of nitrogens with zero attached hydrogens (tertiary/aromatic N) is 2. The number of guanidine groups is 2.